The van der Waals surface area contributed by atoms with Crippen LogP contribution in [0, 0.1) is 0 Å². The monoisotopic (exact) mass is 334 g/mol. The molecule has 24 heavy (non-hydrogen) atoms. The van der Waals surface area contributed by atoms with Crippen LogP contribution in [0.15, 0.2) is 41.6 Å². The Morgan fingerprint density at radius 3 is 2.42 bits per heavy atom. The Bertz CT molecular complexity index is 599. The molecular formula is C18H24BFO4. The van der Waals surface area contributed by atoms with Gasteiger partial charge in [-0.3, -0.25) is 0 Å². The minimum absolute atomic E-state index is 0.204. The smallest absolute Gasteiger partial charge is 0.398 e. The lowest BCUT2D eigenvalue weighted by Crippen LogP contribution is -2.41. The molecule has 0 N–H and O–H groups in total. The number of halogens is 1. The fraction of sp³-hybridized carbons (Fsp3) is 0.556. The van der Waals surface area contributed by atoms with Gasteiger partial charge in [-0.15, -0.1) is 0 Å². The van der Waals surface area contributed by atoms with Crippen LogP contribution in [-0.2, 0) is 25.4 Å². The van der Waals surface area contributed by atoms with E-state index in [1.807, 2.05) is 58.0 Å². The molecule has 0 saturated carbocycles. The Balaban J connectivity index is 1.71. The molecule has 2 saturated heterocycles. The highest BCUT2D eigenvalue weighted by molar-refractivity contribution is 6.53. The van der Waals surface area contributed by atoms with Gasteiger partial charge in [0, 0.05) is 5.57 Å². The van der Waals surface area contributed by atoms with Gasteiger partial charge < -0.3 is 18.8 Å². The van der Waals surface area contributed by atoms with Crippen molar-refractivity contribution in [1.82, 2.24) is 0 Å². The van der Waals surface area contributed by atoms with Crippen molar-refractivity contribution in [2.45, 2.75) is 51.6 Å². The Labute approximate surface area is 143 Å². The summed E-state index contributed by atoms with van der Waals surface area (Å²) < 4.78 is 37.8. The molecule has 0 aromatic heterocycles. The van der Waals surface area contributed by atoms with E-state index in [1.165, 1.54) is 0 Å². The molecular weight excluding hydrogens is 310 g/mol. The summed E-state index contributed by atoms with van der Waals surface area (Å²) in [6.07, 6.45) is -0.413. The van der Waals surface area contributed by atoms with Gasteiger partial charge in [0.25, 0.3) is 0 Å². The average Bonchev–Trinajstić information content (AvgIpc) is 3.08. The van der Waals surface area contributed by atoms with Gasteiger partial charge in [-0.2, -0.15) is 0 Å². The lowest BCUT2D eigenvalue weighted by molar-refractivity contribution is 0.00578. The number of ether oxygens (including phenoxy) is 2. The van der Waals surface area contributed by atoms with Crippen LogP contribution in [0.25, 0.3) is 0 Å². The van der Waals surface area contributed by atoms with E-state index < -0.39 is 30.2 Å². The highest BCUT2D eigenvalue weighted by Crippen LogP contribution is 2.40. The lowest BCUT2D eigenvalue weighted by atomic mass is 9.84. The minimum atomic E-state index is -1.01. The summed E-state index contributed by atoms with van der Waals surface area (Å²) >= 11 is 0. The maximum atomic E-state index is 14.9. The van der Waals surface area contributed by atoms with E-state index in [9.17, 15) is 4.39 Å². The third-order valence-corrected chi connectivity index (χ3v) is 4.98. The maximum Gasteiger partial charge on any atom is 0.525 e. The van der Waals surface area contributed by atoms with Crippen molar-refractivity contribution in [2.75, 3.05) is 13.2 Å². The van der Waals surface area contributed by atoms with Gasteiger partial charge in [-0.1, -0.05) is 30.3 Å². The van der Waals surface area contributed by atoms with Crippen molar-refractivity contribution in [3.05, 3.63) is 47.2 Å². The molecule has 0 amide bonds. The van der Waals surface area contributed by atoms with Crippen molar-refractivity contribution < 1.29 is 23.2 Å². The van der Waals surface area contributed by atoms with E-state index in [0.717, 1.165) is 5.56 Å². The van der Waals surface area contributed by atoms with Crippen LogP contribution in [0.3, 0.4) is 0 Å². The van der Waals surface area contributed by atoms with Crippen LogP contribution in [0.2, 0.25) is 0 Å². The van der Waals surface area contributed by atoms with Crippen molar-refractivity contribution >= 4 is 7.12 Å². The highest BCUT2D eigenvalue weighted by Gasteiger charge is 2.54. The zero-order chi connectivity index (χ0) is 17.4. The molecule has 0 radical (unpaired) electrons. The molecule has 3 rings (SSSR count). The van der Waals surface area contributed by atoms with Crippen molar-refractivity contribution in [1.29, 1.82) is 0 Å². The SMILES string of the molecule is CC1(C)OB(C(F)=C2COCC2OCc2ccccc2)OC1(C)C. The first-order valence-corrected chi connectivity index (χ1v) is 8.27. The van der Waals surface area contributed by atoms with Crippen LogP contribution >= 0.6 is 0 Å². The van der Waals surface area contributed by atoms with E-state index in [-0.39, 0.29) is 6.61 Å². The molecule has 1 unspecified atom stereocenters. The van der Waals surface area contributed by atoms with Crippen molar-refractivity contribution in [2.24, 2.45) is 0 Å². The second-order valence-electron chi connectivity index (χ2n) is 7.26. The fourth-order valence-corrected chi connectivity index (χ4v) is 2.71. The molecule has 2 aliphatic rings. The van der Waals surface area contributed by atoms with E-state index >= 15 is 0 Å². The minimum Gasteiger partial charge on any atom is -0.398 e. The summed E-state index contributed by atoms with van der Waals surface area (Å²) in [5, 5.41) is 0. The van der Waals surface area contributed by atoms with E-state index in [1.54, 1.807) is 0 Å². The molecule has 0 bridgehead atoms. The number of rotatable bonds is 4. The normalized spacial score (nSPS) is 27.5. The predicted octanol–water partition coefficient (Wildman–Crippen LogP) is 3.46. The summed E-state index contributed by atoms with van der Waals surface area (Å²) in [6.45, 7) is 8.57. The van der Waals surface area contributed by atoms with Gasteiger partial charge in [0.2, 0.25) is 0 Å². The molecule has 1 aromatic carbocycles. The third kappa shape index (κ3) is 3.42. The topological polar surface area (TPSA) is 36.9 Å². The average molecular weight is 334 g/mol. The zero-order valence-electron chi connectivity index (χ0n) is 14.7. The van der Waals surface area contributed by atoms with Gasteiger partial charge in [-0.25, -0.2) is 4.39 Å². The van der Waals surface area contributed by atoms with Gasteiger partial charge in [0.05, 0.1) is 31.0 Å². The fourth-order valence-electron chi connectivity index (χ4n) is 2.71. The molecule has 1 aromatic rings. The quantitative estimate of drug-likeness (QED) is 0.791. The Kier molecular flexibility index (Phi) is 4.84. The van der Waals surface area contributed by atoms with Crippen LogP contribution < -0.4 is 0 Å². The van der Waals surface area contributed by atoms with Gasteiger partial charge >= 0.3 is 7.12 Å². The Morgan fingerprint density at radius 1 is 1.17 bits per heavy atom. The van der Waals surface area contributed by atoms with Crippen LogP contribution in [0.4, 0.5) is 4.39 Å². The van der Waals surface area contributed by atoms with Crippen molar-refractivity contribution in [3.8, 4) is 0 Å². The molecule has 2 aliphatic heterocycles. The third-order valence-electron chi connectivity index (χ3n) is 4.98. The Morgan fingerprint density at radius 2 is 1.79 bits per heavy atom. The maximum absolute atomic E-state index is 14.9. The number of benzene rings is 1. The van der Waals surface area contributed by atoms with Gasteiger partial charge in [0.15, 0.2) is 0 Å². The number of hydrogen-bond donors (Lipinski definition) is 0. The summed E-state index contributed by atoms with van der Waals surface area (Å²) in [4.78, 5) is 0. The first-order valence-electron chi connectivity index (χ1n) is 8.27. The van der Waals surface area contributed by atoms with E-state index in [0.29, 0.717) is 18.8 Å². The second kappa shape index (κ2) is 6.60. The molecule has 2 heterocycles. The largest absolute Gasteiger partial charge is 0.525 e. The highest BCUT2D eigenvalue weighted by atomic mass is 19.1. The number of hydrogen-bond acceptors (Lipinski definition) is 4. The molecule has 0 aliphatic carbocycles. The summed E-state index contributed by atoms with van der Waals surface area (Å²) in [7, 11) is -1.01. The Hall–Kier alpha value is -1.21. The van der Waals surface area contributed by atoms with Gasteiger partial charge in [-0.05, 0) is 33.3 Å². The molecule has 130 valence electrons. The van der Waals surface area contributed by atoms with Crippen molar-refractivity contribution in [3.63, 3.8) is 0 Å². The molecule has 4 nitrogen and oxygen atoms in total. The van der Waals surface area contributed by atoms with Crippen LogP contribution in [0.1, 0.15) is 33.3 Å². The first-order chi connectivity index (χ1) is 11.3. The van der Waals surface area contributed by atoms with E-state index in [4.69, 9.17) is 18.8 Å². The summed E-state index contributed by atoms with van der Waals surface area (Å²) in [5.74, 6) is 0. The molecule has 2 fully saturated rings. The van der Waals surface area contributed by atoms with Gasteiger partial charge in [0.1, 0.15) is 11.8 Å². The first kappa shape index (κ1) is 17.6. The van der Waals surface area contributed by atoms with E-state index in [2.05, 4.69) is 0 Å². The zero-order valence-corrected chi connectivity index (χ0v) is 14.7. The standard InChI is InChI=1S/C18H24BFO4/c1-17(2)18(3,4)24-19(23-17)16(20)14-11-21-12-15(14)22-10-13-8-6-5-7-9-13/h5-9,15H,10-12H2,1-4H3. The summed E-state index contributed by atoms with van der Waals surface area (Å²) in [5.41, 5.74) is -0.0568. The summed E-state index contributed by atoms with van der Waals surface area (Å²) in [6, 6.07) is 9.80. The molecule has 1 atom stereocenters. The lowest BCUT2D eigenvalue weighted by Gasteiger charge is -2.32. The van der Waals surface area contributed by atoms with Crippen LogP contribution in [0.5, 0.6) is 0 Å². The van der Waals surface area contributed by atoms with Crippen LogP contribution in [-0.4, -0.2) is 37.6 Å². The molecule has 0 spiro atoms. The molecule has 6 heteroatoms. The predicted molar refractivity (Wildman–Crippen MR) is 90.1 cm³/mol. The second-order valence-corrected chi connectivity index (χ2v) is 7.26.